The SMILES string of the molecule is Cc1ccccc1C(=O)Nc1ccc(-c2oc(-c3ccccc3)nc2C(=O)O)cc1. The second kappa shape index (κ2) is 8.05. The number of anilines is 1. The Morgan fingerprint density at radius 3 is 2.20 bits per heavy atom. The minimum Gasteiger partial charge on any atom is -0.476 e. The summed E-state index contributed by atoms with van der Waals surface area (Å²) in [7, 11) is 0. The van der Waals surface area contributed by atoms with Crippen molar-refractivity contribution >= 4 is 17.6 Å². The van der Waals surface area contributed by atoms with Crippen molar-refractivity contribution in [3.63, 3.8) is 0 Å². The zero-order valence-electron chi connectivity index (χ0n) is 16.1. The summed E-state index contributed by atoms with van der Waals surface area (Å²) in [5, 5.41) is 12.4. The normalized spacial score (nSPS) is 10.6. The molecule has 0 saturated carbocycles. The Hall–Kier alpha value is -4.19. The molecule has 0 bridgehead atoms. The molecule has 4 rings (SSSR count). The fourth-order valence-electron chi connectivity index (χ4n) is 3.10. The highest BCUT2D eigenvalue weighted by atomic mass is 16.4. The van der Waals surface area contributed by atoms with Gasteiger partial charge in [-0.05, 0) is 55.0 Å². The van der Waals surface area contributed by atoms with Crippen LogP contribution in [0.15, 0.2) is 83.3 Å². The minimum absolute atomic E-state index is 0.162. The number of carbonyl (C=O) groups is 2. The molecule has 148 valence electrons. The number of rotatable bonds is 5. The molecule has 6 nitrogen and oxygen atoms in total. The van der Waals surface area contributed by atoms with Crippen LogP contribution in [0.4, 0.5) is 5.69 Å². The first-order chi connectivity index (χ1) is 14.5. The Morgan fingerprint density at radius 2 is 1.53 bits per heavy atom. The van der Waals surface area contributed by atoms with Gasteiger partial charge in [-0.1, -0.05) is 36.4 Å². The van der Waals surface area contributed by atoms with Crippen molar-refractivity contribution in [1.82, 2.24) is 4.98 Å². The highest BCUT2D eigenvalue weighted by molar-refractivity contribution is 6.05. The first-order valence-electron chi connectivity index (χ1n) is 9.30. The number of amides is 1. The van der Waals surface area contributed by atoms with Gasteiger partial charge in [0, 0.05) is 22.4 Å². The number of aryl methyl sites for hydroxylation is 1. The summed E-state index contributed by atoms with van der Waals surface area (Å²) in [4.78, 5) is 28.3. The van der Waals surface area contributed by atoms with Crippen LogP contribution in [-0.4, -0.2) is 22.0 Å². The van der Waals surface area contributed by atoms with Crippen LogP contribution in [-0.2, 0) is 0 Å². The van der Waals surface area contributed by atoms with Gasteiger partial charge < -0.3 is 14.8 Å². The molecule has 1 amide bonds. The molecule has 1 aromatic heterocycles. The number of nitrogens with zero attached hydrogens (tertiary/aromatic N) is 1. The van der Waals surface area contributed by atoms with E-state index >= 15 is 0 Å². The number of aromatic nitrogens is 1. The van der Waals surface area contributed by atoms with E-state index < -0.39 is 5.97 Å². The maximum Gasteiger partial charge on any atom is 0.358 e. The molecule has 0 fully saturated rings. The van der Waals surface area contributed by atoms with E-state index in [0.717, 1.165) is 5.56 Å². The third-order valence-electron chi connectivity index (χ3n) is 4.65. The number of aromatic carboxylic acids is 1. The van der Waals surface area contributed by atoms with E-state index in [1.54, 1.807) is 42.5 Å². The molecule has 1 heterocycles. The number of carboxylic acids is 1. The molecule has 0 aliphatic carbocycles. The van der Waals surface area contributed by atoms with Crippen molar-refractivity contribution in [3.8, 4) is 22.8 Å². The lowest BCUT2D eigenvalue weighted by molar-refractivity contribution is 0.0691. The van der Waals surface area contributed by atoms with E-state index in [0.29, 0.717) is 22.4 Å². The highest BCUT2D eigenvalue weighted by Gasteiger charge is 2.21. The lowest BCUT2D eigenvalue weighted by atomic mass is 10.1. The summed E-state index contributed by atoms with van der Waals surface area (Å²) in [5.74, 6) is -0.982. The average molecular weight is 398 g/mol. The Balaban J connectivity index is 1.61. The van der Waals surface area contributed by atoms with E-state index in [2.05, 4.69) is 10.3 Å². The van der Waals surface area contributed by atoms with Crippen molar-refractivity contribution < 1.29 is 19.1 Å². The molecular weight excluding hydrogens is 380 g/mol. The zero-order valence-corrected chi connectivity index (χ0v) is 16.1. The molecule has 2 N–H and O–H groups in total. The van der Waals surface area contributed by atoms with Crippen LogP contribution >= 0.6 is 0 Å². The van der Waals surface area contributed by atoms with Crippen molar-refractivity contribution in [2.24, 2.45) is 0 Å². The molecule has 30 heavy (non-hydrogen) atoms. The second-order valence-electron chi connectivity index (χ2n) is 6.71. The Bertz CT molecular complexity index is 1210. The van der Waals surface area contributed by atoms with Gasteiger partial charge in [-0.15, -0.1) is 0 Å². The Morgan fingerprint density at radius 1 is 0.867 bits per heavy atom. The zero-order chi connectivity index (χ0) is 21.1. The number of nitrogens with one attached hydrogen (secondary N) is 1. The summed E-state index contributed by atoms with van der Waals surface area (Å²) in [6, 6.07) is 23.2. The third kappa shape index (κ3) is 3.84. The first kappa shape index (κ1) is 19.1. The van der Waals surface area contributed by atoms with Gasteiger partial charge in [0.1, 0.15) is 0 Å². The van der Waals surface area contributed by atoms with E-state index in [1.807, 2.05) is 43.3 Å². The summed E-state index contributed by atoms with van der Waals surface area (Å²) >= 11 is 0. The molecule has 6 heteroatoms. The summed E-state index contributed by atoms with van der Waals surface area (Å²) < 4.78 is 5.77. The van der Waals surface area contributed by atoms with Crippen molar-refractivity contribution in [2.75, 3.05) is 5.32 Å². The predicted octanol–water partition coefficient (Wildman–Crippen LogP) is 5.27. The molecule has 0 radical (unpaired) electrons. The van der Waals surface area contributed by atoms with E-state index in [1.165, 1.54) is 0 Å². The molecule has 0 saturated heterocycles. The van der Waals surface area contributed by atoms with E-state index in [9.17, 15) is 14.7 Å². The minimum atomic E-state index is -1.17. The van der Waals surface area contributed by atoms with Crippen LogP contribution in [0, 0.1) is 6.92 Å². The highest BCUT2D eigenvalue weighted by Crippen LogP contribution is 2.30. The fraction of sp³-hybridized carbons (Fsp3) is 0.0417. The molecule has 0 spiro atoms. The fourth-order valence-corrected chi connectivity index (χ4v) is 3.10. The number of hydrogen-bond donors (Lipinski definition) is 2. The number of carbonyl (C=O) groups excluding carboxylic acids is 1. The summed E-state index contributed by atoms with van der Waals surface area (Å²) in [6.45, 7) is 1.87. The number of benzene rings is 3. The van der Waals surface area contributed by atoms with Crippen LogP contribution in [0.3, 0.4) is 0 Å². The average Bonchev–Trinajstić information content (AvgIpc) is 3.21. The summed E-state index contributed by atoms with van der Waals surface area (Å²) in [6.07, 6.45) is 0. The lowest BCUT2D eigenvalue weighted by Gasteiger charge is -2.08. The number of hydrogen-bond acceptors (Lipinski definition) is 4. The largest absolute Gasteiger partial charge is 0.476 e. The van der Waals surface area contributed by atoms with E-state index in [4.69, 9.17) is 4.42 Å². The van der Waals surface area contributed by atoms with Crippen LogP contribution < -0.4 is 5.32 Å². The van der Waals surface area contributed by atoms with Gasteiger partial charge in [-0.2, -0.15) is 0 Å². The van der Waals surface area contributed by atoms with E-state index in [-0.39, 0.29) is 23.3 Å². The molecule has 0 atom stereocenters. The first-order valence-corrected chi connectivity index (χ1v) is 9.30. The lowest BCUT2D eigenvalue weighted by Crippen LogP contribution is -2.13. The van der Waals surface area contributed by atoms with Gasteiger partial charge in [0.05, 0.1) is 0 Å². The quantitative estimate of drug-likeness (QED) is 0.478. The number of oxazole rings is 1. The van der Waals surface area contributed by atoms with Crippen LogP contribution in [0.1, 0.15) is 26.4 Å². The smallest absolute Gasteiger partial charge is 0.358 e. The van der Waals surface area contributed by atoms with Gasteiger partial charge in [-0.25, -0.2) is 9.78 Å². The van der Waals surface area contributed by atoms with Gasteiger partial charge >= 0.3 is 5.97 Å². The molecule has 0 aliphatic heterocycles. The number of carboxylic acid groups (broad SMARTS) is 1. The van der Waals surface area contributed by atoms with Gasteiger partial charge in [0.25, 0.3) is 5.91 Å². The molecule has 0 aliphatic rings. The Labute approximate surface area is 172 Å². The second-order valence-corrected chi connectivity index (χ2v) is 6.71. The maximum absolute atomic E-state index is 12.5. The van der Waals surface area contributed by atoms with Crippen LogP contribution in [0.25, 0.3) is 22.8 Å². The van der Waals surface area contributed by atoms with Crippen LogP contribution in [0.2, 0.25) is 0 Å². The topological polar surface area (TPSA) is 92.4 Å². The van der Waals surface area contributed by atoms with Gasteiger partial charge in [0.2, 0.25) is 5.89 Å². The van der Waals surface area contributed by atoms with Gasteiger partial charge in [0.15, 0.2) is 11.5 Å². The molecule has 4 aromatic rings. The van der Waals surface area contributed by atoms with Crippen molar-refractivity contribution in [1.29, 1.82) is 0 Å². The monoisotopic (exact) mass is 398 g/mol. The van der Waals surface area contributed by atoms with Crippen molar-refractivity contribution in [2.45, 2.75) is 6.92 Å². The molecule has 0 unspecified atom stereocenters. The standard InChI is InChI=1S/C24H18N2O4/c1-15-7-5-6-10-19(15)22(27)25-18-13-11-16(12-14-18)21-20(24(28)29)26-23(30-21)17-8-3-2-4-9-17/h2-14H,1H3,(H,25,27)(H,28,29). The van der Waals surface area contributed by atoms with Gasteiger partial charge in [-0.3, -0.25) is 4.79 Å². The molecular formula is C24H18N2O4. The van der Waals surface area contributed by atoms with Crippen LogP contribution in [0.5, 0.6) is 0 Å². The predicted molar refractivity (Wildman–Crippen MR) is 113 cm³/mol. The summed E-state index contributed by atoms with van der Waals surface area (Å²) in [5.41, 5.74) is 3.15. The Kier molecular flexibility index (Phi) is 5.13. The third-order valence-corrected chi connectivity index (χ3v) is 4.65. The maximum atomic E-state index is 12.5. The van der Waals surface area contributed by atoms with Crippen molar-refractivity contribution in [3.05, 3.63) is 95.7 Å². The molecule has 3 aromatic carbocycles.